The lowest BCUT2D eigenvalue weighted by atomic mass is 9.85. The molecular formula is C19H24F2O. The van der Waals surface area contributed by atoms with E-state index in [4.69, 9.17) is 4.74 Å². The smallest absolute Gasteiger partial charge is 0.201 e. The Morgan fingerprint density at radius 2 is 1.95 bits per heavy atom. The fourth-order valence-electron chi connectivity index (χ4n) is 4.37. The van der Waals surface area contributed by atoms with E-state index in [9.17, 15) is 8.78 Å². The Balaban J connectivity index is 1.86. The topological polar surface area (TPSA) is 9.23 Å². The molecule has 0 aliphatic heterocycles. The fourth-order valence-corrected chi connectivity index (χ4v) is 4.37. The third kappa shape index (κ3) is 2.55. The molecule has 1 saturated carbocycles. The predicted molar refractivity (Wildman–Crippen MR) is 84.7 cm³/mol. The highest BCUT2D eigenvalue weighted by atomic mass is 19.2. The molecule has 1 aromatic rings. The Bertz CT molecular complexity index is 579. The van der Waals surface area contributed by atoms with Crippen molar-refractivity contribution in [1.82, 2.24) is 0 Å². The normalized spacial score (nSPS) is 26.9. The van der Waals surface area contributed by atoms with Gasteiger partial charge in [-0.15, -0.1) is 0 Å². The van der Waals surface area contributed by atoms with Crippen molar-refractivity contribution in [2.24, 2.45) is 17.8 Å². The molecule has 0 aromatic heterocycles. The summed E-state index contributed by atoms with van der Waals surface area (Å²) in [6.07, 6.45) is 7.93. The zero-order valence-electron chi connectivity index (χ0n) is 13.4. The maximum atomic E-state index is 14.4. The van der Waals surface area contributed by atoms with Crippen molar-refractivity contribution in [2.45, 2.75) is 46.0 Å². The van der Waals surface area contributed by atoms with Crippen LogP contribution in [0.1, 0.15) is 51.5 Å². The first-order valence-electron chi connectivity index (χ1n) is 8.48. The number of halogens is 2. The van der Waals surface area contributed by atoms with E-state index in [-0.39, 0.29) is 5.75 Å². The summed E-state index contributed by atoms with van der Waals surface area (Å²) in [5.41, 5.74) is 1.45. The van der Waals surface area contributed by atoms with Crippen molar-refractivity contribution in [1.29, 1.82) is 0 Å². The lowest BCUT2D eigenvalue weighted by Gasteiger charge is -2.20. The van der Waals surface area contributed by atoms with Crippen molar-refractivity contribution in [3.63, 3.8) is 0 Å². The molecule has 2 aliphatic carbocycles. The molecule has 0 heterocycles. The minimum Gasteiger partial charge on any atom is -0.491 e. The van der Waals surface area contributed by atoms with Crippen molar-refractivity contribution in [3.05, 3.63) is 35.4 Å². The summed E-state index contributed by atoms with van der Waals surface area (Å²) in [6.45, 7) is 4.32. The van der Waals surface area contributed by atoms with E-state index in [1.165, 1.54) is 19.3 Å². The first kappa shape index (κ1) is 15.5. The van der Waals surface area contributed by atoms with E-state index in [1.54, 1.807) is 19.1 Å². The maximum Gasteiger partial charge on any atom is 0.201 e. The average molecular weight is 306 g/mol. The molecule has 3 heteroatoms. The highest BCUT2D eigenvalue weighted by molar-refractivity contribution is 5.71. The molecule has 0 N–H and O–H groups in total. The summed E-state index contributed by atoms with van der Waals surface area (Å²) < 4.78 is 33.7. The number of rotatable bonds is 5. The maximum absolute atomic E-state index is 14.4. The van der Waals surface area contributed by atoms with Gasteiger partial charge in [-0.2, -0.15) is 4.39 Å². The van der Waals surface area contributed by atoms with Crippen LogP contribution in [0.5, 0.6) is 5.75 Å². The number of benzene rings is 1. The van der Waals surface area contributed by atoms with Gasteiger partial charge in [0.25, 0.3) is 0 Å². The van der Waals surface area contributed by atoms with Gasteiger partial charge < -0.3 is 4.74 Å². The number of hydrogen-bond acceptors (Lipinski definition) is 1. The van der Waals surface area contributed by atoms with E-state index >= 15 is 0 Å². The van der Waals surface area contributed by atoms with Gasteiger partial charge in [-0.1, -0.05) is 25.8 Å². The van der Waals surface area contributed by atoms with Crippen LogP contribution < -0.4 is 4.74 Å². The summed E-state index contributed by atoms with van der Waals surface area (Å²) in [7, 11) is 0. The molecule has 3 unspecified atom stereocenters. The van der Waals surface area contributed by atoms with Crippen molar-refractivity contribution < 1.29 is 13.5 Å². The lowest BCUT2D eigenvalue weighted by Crippen LogP contribution is -2.11. The second-order valence-electron chi connectivity index (χ2n) is 6.46. The van der Waals surface area contributed by atoms with Gasteiger partial charge in [0, 0.05) is 5.56 Å². The summed E-state index contributed by atoms with van der Waals surface area (Å²) >= 11 is 0. The Labute approximate surface area is 131 Å². The van der Waals surface area contributed by atoms with E-state index in [2.05, 4.69) is 13.0 Å². The van der Waals surface area contributed by atoms with Gasteiger partial charge in [0.1, 0.15) is 0 Å². The molecule has 0 radical (unpaired) electrons. The van der Waals surface area contributed by atoms with Gasteiger partial charge in [-0.3, -0.25) is 0 Å². The molecule has 1 fully saturated rings. The van der Waals surface area contributed by atoms with Gasteiger partial charge in [0.15, 0.2) is 11.6 Å². The van der Waals surface area contributed by atoms with Crippen LogP contribution in [0.2, 0.25) is 0 Å². The molecule has 3 rings (SSSR count). The second-order valence-corrected chi connectivity index (χ2v) is 6.46. The zero-order chi connectivity index (χ0) is 15.7. The molecule has 22 heavy (non-hydrogen) atoms. The highest BCUT2D eigenvalue weighted by Gasteiger charge is 2.41. The van der Waals surface area contributed by atoms with Gasteiger partial charge in [0.2, 0.25) is 5.82 Å². The first-order chi connectivity index (χ1) is 10.7. The van der Waals surface area contributed by atoms with Crippen LogP contribution in [0.15, 0.2) is 18.2 Å². The SMILES string of the molecule is CCCC1CCC2C(c3ccc(OCC)c(F)c3F)=CCC12. The summed E-state index contributed by atoms with van der Waals surface area (Å²) in [5.74, 6) is 0.185. The molecular weight excluding hydrogens is 282 g/mol. The third-order valence-electron chi connectivity index (χ3n) is 5.30. The second kappa shape index (κ2) is 6.39. The van der Waals surface area contributed by atoms with Crippen molar-refractivity contribution >= 4 is 5.57 Å². The Kier molecular flexibility index (Phi) is 4.51. The van der Waals surface area contributed by atoms with Crippen LogP contribution in [0.3, 0.4) is 0 Å². The van der Waals surface area contributed by atoms with Gasteiger partial charge in [-0.05, 0) is 61.6 Å². The van der Waals surface area contributed by atoms with Crippen LogP contribution in [0.25, 0.3) is 5.57 Å². The fraction of sp³-hybridized carbons (Fsp3) is 0.579. The highest BCUT2D eigenvalue weighted by Crippen LogP contribution is 2.52. The first-order valence-corrected chi connectivity index (χ1v) is 8.48. The lowest BCUT2D eigenvalue weighted by molar-refractivity contribution is 0.313. The van der Waals surface area contributed by atoms with Gasteiger partial charge in [-0.25, -0.2) is 4.39 Å². The van der Waals surface area contributed by atoms with E-state index in [1.807, 2.05) is 0 Å². The molecule has 3 atom stereocenters. The molecule has 1 aromatic carbocycles. The van der Waals surface area contributed by atoms with E-state index < -0.39 is 11.6 Å². The molecule has 0 spiro atoms. The molecule has 120 valence electrons. The third-order valence-corrected chi connectivity index (χ3v) is 5.30. The summed E-state index contributed by atoms with van der Waals surface area (Å²) in [4.78, 5) is 0. The Morgan fingerprint density at radius 1 is 1.14 bits per heavy atom. The van der Waals surface area contributed by atoms with E-state index in [0.717, 1.165) is 24.3 Å². The zero-order valence-corrected chi connectivity index (χ0v) is 13.4. The summed E-state index contributed by atoms with van der Waals surface area (Å²) in [5, 5.41) is 0. The molecule has 0 bridgehead atoms. The monoisotopic (exact) mass is 306 g/mol. The molecule has 0 saturated heterocycles. The standard InChI is InChI=1S/C19H24F2O/c1-3-5-12-6-7-14-13(12)8-9-15(14)16-10-11-17(22-4-2)19(21)18(16)20/h9-14H,3-8H2,1-2H3. The molecule has 0 amide bonds. The molecule has 2 aliphatic rings. The number of hydrogen-bond donors (Lipinski definition) is 0. The minimum atomic E-state index is -0.855. The quantitative estimate of drug-likeness (QED) is 0.688. The largest absolute Gasteiger partial charge is 0.491 e. The van der Waals surface area contributed by atoms with Crippen LogP contribution in [0.4, 0.5) is 8.78 Å². The van der Waals surface area contributed by atoms with Crippen LogP contribution in [0, 0.1) is 29.4 Å². The Morgan fingerprint density at radius 3 is 2.68 bits per heavy atom. The van der Waals surface area contributed by atoms with Crippen molar-refractivity contribution in [3.8, 4) is 5.75 Å². The number of ether oxygens (including phenoxy) is 1. The summed E-state index contributed by atoms with van der Waals surface area (Å²) in [6, 6.07) is 3.24. The minimum absolute atomic E-state index is 0.00850. The predicted octanol–water partition coefficient (Wildman–Crippen LogP) is 5.59. The van der Waals surface area contributed by atoms with Crippen LogP contribution in [-0.2, 0) is 0 Å². The number of allylic oxidation sites excluding steroid dienone is 2. The van der Waals surface area contributed by atoms with Crippen LogP contribution >= 0.6 is 0 Å². The Hall–Kier alpha value is -1.38. The van der Waals surface area contributed by atoms with Crippen molar-refractivity contribution in [2.75, 3.05) is 6.61 Å². The van der Waals surface area contributed by atoms with E-state index in [0.29, 0.717) is 24.0 Å². The van der Waals surface area contributed by atoms with Gasteiger partial charge in [0.05, 0.1) is 6.61 Å². The average Bonchev–Trinajstić information content (AvgIpc) is 3.08. The van der Waals surface area contributed by atoms with Crippen LogP contribution in [-0.4, -0.2) is 6.61 Å². The number of fused-ring (bicyclic) bond motifs is 1. The molecule has 1 nitrogen and oxygen atoms in total. The van der Waals surface area contributed by atoms with Gasteiger partial charge >= 0.3 is 0 Å².